The van der Waals surface area contributed by atoms with E-state index < -0.39 is 0 Å². The zero-order chi connectivity index (χ0) is 15.0. The fourth-order valence-electron chi connectivity index (χ4n) is 2.80. The number of benzene rings is 2. The van der Waals surface area contributed by atoms with Crippen LogP contribution in [-0.4, -0.2) is 11.9 Å². The first-order chi connectivity index (χ1) is 10.1. The molecule has 1 amide bonds. The van der Waals surface area contributed by atoms with Gasteiger partial charge in [-0.15, -0.1) is 0 Å². The standard InChI is InChI=1S/C17H17BrN2O/c1-11(2)20-15-10-6-4-8-13(15)17(21)19-16(20)12-7-3-5-9-14(12)18/h3-11,16H,1-2H3,(H,19,21). The lowest BCUT2D eigenvalue weighted by atomic mass is 10.0. The molecule has 3 rings (SSSR count). The number of amides is 1. The summed E-state index contributed by atoms with van der Waals surface area (Å²) in [5, 5.41) is 3.12. The number of hydrogen-bond acceptors (Lipinski definition) is 2. The molecule has 3 nitrogen and oxygen atoms in total. The van der Waals surface area contributed by atoms with Crippen molar-refractivity contribution < 1.29 is 4.79 Å². The summed E-state index contributed by atoms with van der Waals surface area (Å²) in [5.74, 6) is -0.0248. The minimum Gasteiger partial charge on any atom is -0.344 e. The molecule has 1 atom stereocenters. The van der Waals surface area contributed by atoms with Crippen LogP contribution in [0.4, 0.5) is 5.69 Å². The smallest absolute Gasteiger partial charge is 0.255 e. The van der Waals surface area contributed by atoms with Crippen molar-refractivity contribution in [3.8, 4) is 0 Å². The van der Waals surface area contributed by atoms with E-state index in [1.165, 1.54) is 0 Å². The number of fused-ring (bicyclic) bond motifs is 1. The third-order valence-corrected chi connectivity index (χ3v) is 4.45. The van der Waals surface area contributed by atoms with Gasteiger partial charge in [0.15, 0.2) is 0 Å². The quantitative estimate of drug-likeness (QED) is 0.889. The number of hydrogen-bond donors (Lipinski definition) is 1. The molecule has 0 saturated heterocycles. The van der Waals surface area contributed by atoms with E-state index in [0.29, 0.717) is 0 Å². The van der Waals surface area contributed by atoms with Crippen LogP contribution in [0, 0.1) is 0 Å². The molecule has 2 aromatic rings. The molecule has 0 aromatic heterocycles. The molecule has 1 aliphatic rings. The van der Waals surface area contributed by atoms with E-state index >= 15 is 0 Å². The van der Waals surface area contributed by atoms with Gasteiger partial charge in [-0.05, 0) is 32.0 Å². The van der Waals surface area contributed by atoms with E-state index in [1.807, 2.05) is 48.5 Å². The van der Waals surface area contributed by atoms with E-state index in [9.17, 15) is 4.79 Å². The maximum absolute atomic E-state index is 12.4. The number of carbonyl (C=O) groups excluding carboxylic acids is 1. The molecule has 1 N–H and O–H groups in total. The number of nitrogens with zero attached hydrogens (tertiary/aromatic N) is 1. The van der Waals surface area contributed by atoms with Crippen LogP contribution in [-0.2, 0) is 0 Å². The second kappa shape index (κ2) is 5.53. The van der Waals surface area contributed by atoms with Gasteiger partial charge in [0.25, 0.3) is 5.91 Å². The lowest BCUT2D eigenvalue weighted by Gasteiger charge is -2.42. The van der Waals surface area contributed by atoms with Crippen LogP contribution in [0.2, 0.25) is 0 Å². The summed E-state index contributed by atoms with van der Waals surface area (Å²) in [6.45, 7) is 4.27. The van der Waals surface area contributed by atoms with E-state index in [1.54, 1.807) is 0 Å². The van der Waals surface area contributed by atoms with Crippen molar-refractivity contribution in [2.45, 2.75) is 26.1 Å². The van der Waals surface area contributed by atoms with Crippen molar-refractivity contribution in [2.24, 2.45) is 0 Å². The SMILES string of the molecule is CC(C)N1c2ccccc2C(=O)NC1c1ccccc1Br. The number of rotatable bonds is 2. The highest BCUT2D eigenvalue weighted by Crippen LogP contribution is 2.36. The Bertz CT molecular complexity index is 684. The molecule has 0 fully saturated rings. The number of halogens is 1. The Kier molecular flexibility index (Phi) is 3.72. The van der Waals surface area contributed by atoms with Crippen LogP contribution in [0.25, 0.3) is 0 Å². The highest BCUT2D eigenvalue weighted by atomic mass is 79.9. The molecule has 21 heavy (non-hydrogen) atoms. The summed E-state index contributed by atoms with van der Waals surface area (Å²) in [6.07, 6.45) is -0.164. The van der Waals surface area contributed by atoms with E-state index in [0.717, 1.165) is 21.3 Å². The first kappa shape index (κ1) is 14.1. The predicted molar refractivity (Wildman–Crippen MR) is 88.4 cm³/mol. The van der Waals surface area contributed by atoms with Crippen LogP contribution in [0.3, 0.4) is 0 Å². The van der Waals surface area contributed by atoms with Gasteiger partial charge in [0.1, 0.15) is 6.17 Å². The lowest BCUT2D eigenvalue weighted by Crippen LogP contribution is -2.49. The van der Waals surface area contributed by atoms with Crippen molar-refractivity contribution in [1.29, 1.82) is 0 Å². The molecule has 0 spiro atoms. The normalized spacial score (nSPS) is 17.6. The van der Waals surface area contributed by atoms with Crippen LogP contribution in [0.1, 0.15) is 35.9 Å². The summed E-state index contributed by atoms with van der Waals surface area (Å²) < 4.78 is 1.00. The first-order valence-electron chi connectivity index (χ1n) is 7.02. The Morgan fingerprint density at radius 1 is 1.10 bits per heavy atom. The number of para-hydroxylation sites is 1. The highest BCUT2D eigenvalue weighted by molar-refractivity contribution is 9.10. The van der Waals surface area contributed by atoms with Gasteiger partial charge < -0.3 is 10.2 Å². The second-order valence-corrected chi connectivity index (χ2v) is 6.27. The molecule has 0 radical (unpaired) electrons. The lowest BCUT2D eigenvalue weighted by molar-refractivity contribution is 0.0924. The Morgan fingerprint density at radius 2 is 1.76 bits per heavy atom. The molecule has 0 saturated carbocycles. The summed E-state index contributed by atoms with van der Waals surface area (Å²) >= 11 is 3.59. The number of anilines is 1. The van der Waals surface area contributed by atoms with Gasteiger partial charge in [-0.25, -0.2) is 0 Å². The van der Waals surface area contributed by atoms with Crippen LogP contribution >= 0.6 is 15.9 Å². The van der Waals surface area contributed by atoms with Gasteiger partial charge in [-0.3, -0.25) is 4.79 Å². The molecule has 1 unspecified atom stereocenters. The largest absolute Gasteiger partial charge is 0.344 e. The topological polar surface area (TPSA) is 32.3 Å². The molecule has 2 aromatic carbocycles. The molecule has 4 heteroatoms. The van der Waals surface area contributed by atoms with Crippen molar-refractivity contribution in [3.05, 3.63) is 64.1 Å². The maximum Gasteiger partial charge on any atom is 0.255 e. The summed E-state index contributed by atoms with van der Waals surface area (Å²) in [6, 6.07) is 16.0. The third-order valence-electron chi connectivity index (χ3n) is 3.73. The molecular formula is C17H17BrN2O. The summed E-state index contributed by atoms with van der Waals surface area (Å²) in [4.78, 5) is 14.6. The summed E-state index contributed by atoms with van der Waals surface area (Å²) in [7, 11) is 0. The molecule has 1 heterocycles. The maximum atomic E-state index is 12.4. The minimum atomic E-state index is -0.164. The Balaban J connectivity index is 2.14. The fraction of sp³-hybridized carbons (Fsp3) is 0.235. The molecule has 0 bridgehead atoms. The molecule has 1 aliphatic heterocycles. The van der Waals surface area contributed by atoms with Crippen molar-refractivity contribution in [1.82, 2.24) is 5.32 Å². The van der Waals surface area contributed by atoms with Gasteiger partial charge in [0.2, 0.25) is 0 Å². The first-order valence-corrected chi connectivity index (χ1v) is 7.81. The average Bonchev–Trinajstić information content (AvgIpc) is 2.47. The summed E-state index contributed by atoms with van der Waals surface area (Å²) in [5.41, 5.74) is 2.78. The van der Waals surface area contributed by atoms with Gasteiger partial charge >= 0.3 is 0 Å². The van der Waals surface area contributed by atoms with E-state index in [-0.39, 0.29) is 18.1 Å². The van der Waals surface area contributed by atoms with Gasteiger partial charge in [0, 0.05) is 16.1 Å². The zero-order valence-electron chi connectivity index (χ0n) is 12.0. The van der Waals surface area contributed by atoms with Crippen LogP contribution < -0.4 is 10.2 Å². The number of nitrogens with one attached hydrogen (secondary N) is 1. The van der Waals surface area contributed by atoms with Gasteiger partial charge in [0.05, 0.1) is 11.3 Å². The molecular weight excluding hydrogens is 328 g/mol. The Morgan fingerprint density at radius 3 is 2.48 bits per heavy atom. The van der Waals surface area contributed by atoms with Gasteiger partial charge in [-0.2, -0.15) is 0 Å². The van der Waals surface area contributed by atoms with Crippen LogP contribution in [0.5, 0.6) is 0 Å². The Labute approximate surface area is 133 Å². The molecule has 0 aliphatic carbocycles. The second-order valence-electron chi connectivity index (χ2n) is 5.42. The van der Waals surface area contributed by atoms with Crippen molar-refractivity contribution >= 4 is 27.5 Å². The predicted octanol–water partition coefficient (Wildman–Crippen LogP) is 4.11. The Hall–Kier alpha value is -1.81. The minimum absolute atomic E-state index is 0.0248. The van der Waals surface area contributed by atoms with Gasteiger partial charge in [-0.1, -0.05) is 46.3 Å². The van der Waals surface area contributed by atoms with Crippen molar-refractivity contribution in [2.75, 3.05) is 4.90 Å². The fourth-order valence-corrected chi connectivity index (χ4v) is 3.30. The van der Waals surface area contributed by atoms with Crippen molar-refractivity contribution in [3.63, 3.8) is 0 Å². The molecule has 108 valence electrons. The monoisotopic (exact) mass is 344 g/mol. The van der Waals surface area contributed by atoms with Crippen LogP contribution in [0.15, 0.2) is 53.0 Å². The van der Waals surface area contributed by atoms with E-state index in [2.05, 4.69) is 40.0 Å². The highest BCUT2D eigenvalue weighted by Gasteiger charge is 2.33. The van der Waals surface area contributed by atoms with E-state index in [4.69, 9.17) is 0 Å². The third kappa shape index (κ3) is 2.44. The average molecular weight is 345 g/mol. The zero-order valence-corrected chi connectivity index (χ0v) is 13.6. The number of carbonyl (C=O) groups is 1.